The van der Waals surface area contributed by atoms with Crippen LogP contribution in [0, 0.1) is 13.8 Å². The summed E-state index contributed by atoms with van der Waals surface area (Å²) in [4.78, 5) is 0. The topological polar surface area (TPSA) is 12.5 Å². The van der Waals surface area contributed by atoms with E-state index in [2.05, 4.69) is 57.5 Å². The third kappa shape index (κ3) is 3.51. The normalized spacial score (nSPS) is 13.1. The molecule has 0 aromatic heterocycles. The SMILES string of the molecule is CCOP(c1c(C)cccc1C)N(CC)CC. The Labute approximate surface area is 107 Å². The van der Waals surface area contributed by atoms with Crippen molar-refractivity contribution in [3.8, 4) is 0 Å². The molecular weight excluding hydrogens is 229 g/mol. The van der Waals surface area contributed by atoms with Crippen molar-refractivity contribution in [2.24, 2.45) is 0 Å². The van der Waals surface area contributed by atoms with Gasteiger partial charge in [0, 0.05) is 18.4 Å². The van der Waals surface area contributed by atoms with Crippen LogP contribution in [0.3, 0.4) is 0 Å². The third-order valence-electron chi connectivity index (χ3n) is 2.87. The minimum atomic E-state index is -0.628. The fourth-order valence-electron chi connectivity index (χ4n) is 2.00. The summed E-state index contributed by atoms with van der Waals surface area (Å²) in [5.74, 6) is 0. The lowest BCUT2D eigenvalue weighted by atomic mass is 10.2. The van der Waals surface area contributed by atoms with Crippen LogP contribution in [-0.4, -0.2) is 24.4 Å². The molecule has 0 saturated carbocycles. The average Bonchev–Trinajstić information content (AvgIpc) is 2.30. The van der Waals surface area contributed by atoms with Crippen LogP contribution in [-0.2, 0) is 4.52 Å². The molecule has 0 heterocycles. The van der Waals surface area contributed by atoms with E-state index in [1.807, 2.05) is 0 Å². The van der Waals surface area contributed by atoms with Gasteiger partial charge in [-0.05, 0) is 31.9 Å². The van der Waals surface area contributed by atoms with Crippen LogP contribution in [0.1, 0.15) is 31.9 Å². The molecule has 0 aliphatic heterocycles. The van der Waals surface area contributed by atoms with Gasteiger partial charge in [0.1, 0.15) is 8.30 Å². The molecule has 0 saturated heterocycles. The van der Waals surface area contributed by atoms with Crippen LogP contribution < -0.4 is 5.30 Å². The van der Waals surface area contributed by atoms with E-state index >= 15 is 0 Å². The van der Waals surface area contributed by atoms with Crippen LogP contribution in [0.5, 0.6) is 0 Å². The first-order valence-corrected chi connectivity index (χ1v) is 7.61. The summed E-state index contributed by atoms with van der Waals surface area (Å²) >= 11 is 0. The number of nitrogens with zero attached hydrogens (tertiary/aromatic N) is 1. The van der Waals surface area contributed by atoms with Crippen molar-refractivity contribution < 1.29 is 4.52 Å². The second-order valence-corrected chi connectivity index (χ2v) is 5.89. The maximum Gasteiger partial charge on any atom is 0.138 e. The van der Waals surface area contributed by atoms with Gasteiger partial charge >= 0.3 is 0 Å². The molecule has 0 spiro atoms. The quantitative estimate of drug-likeness (QED) is 0.718. The van der Waals surface area contributed by atoms with Crippen LogP contribution in [0.25, 0.3) is 0 Å². The molecule has 0 amide bonds. The van der Waals surface area contributed by atoms with Crippen molar-refractivity contribution in [3.05, 3.63) is 29.3 Å². The standard InChI is InChI=1S/C14H24NOP/c1-6-15(7-2)17(16-8-3)14-12(4)10-9-11-13(14)5/h9-11H,6-8H2,1-5H3. The fourth-order valence-corrected chi connectivity index (χ4v) is 4.08. The van der Waals surface area contributed by atoms with E-state index in [4.69, 9.17) is 4.52 Å². The zero-order valence-electron chi connectivity index (χ0n) is 11.7. The molecule has 1 aromatic carbocycles. The van der Waals surface area contributed by atoms with Crippen LogP contribution in [0.4, 0.5) is 0 Å². The largest absolute Gasteiger partial charge is 0.340 e. The van der Waals surface area contributed by atoms with Crippen LogP contribution >= 0.6 is 8.30 Å². The fraction of sp³-hybridized carbons (Fsp3) is 0.571. The van der Waals surface area contributed by atoms with E-state index in [0.717, 1.165) is 19.7 Å². The van der Waals surface area contributed by atoms with E-state index in [9.17, 15) is 0 Å². The van der Waals surface area contributed by atoms with Gasteiger partial charge in [-0.2, -0.15) is 0 Å². The predicted molar refractivity (Wildman–Crippen MR) is 77.0 cm³/mol. The highest BCUT2D eigenvalue weighted by Crippen LogP contribution is 2.41. The predicted octanol–water partition coefficient (Wildman–Crippen LogP) is 3.62. The summed E-state index contributed by atoms with van der Waals surface area (Å²) in [6.07, 6.45) is 0. The smallest absolute Gasteiger partial charge is 0.138 e. The van der Waals surface area contributed by atoms with Gasteiger partial charge in [0.05, 0.1) is 6.61 Å². The Balaban J connectivity index is 3.12. The molecule has 0 fully saturated rings. The zero-order chi connectivity index (χ0) is 12.8. The molecule has 0 aliphatic rings. The Bertz CT molecular complexity index is 330. The molecule has 1 rings (SSSR count). The second kappa shape index (κ2) is 7.10. The van der Waals surface area contributed by atoms with E-state index in [1.54, 1.807) is 0 Å². The van der Waals surface area contributed by atoms with Crippen molar-refractivity contribution >= 4 is 13.6 Å². The molecule has 0 aliphatic carbocycles. The van der Waals surface area contributed by atoms with Gasteiger partial charge in [-0.1, -0.05) is 32.0 Å². The number of aryl methyl sites for hydroxylation is 2. The number of hydrogen-bond acceptors (Lipinski definition) is 2. The van der Waals surface area contributed by atoms with Crippen LogP contribution in [0.2, 0.25) is 0 Å². The Morgan fingerprint density at radius 3 is 2.00 bits per heavy atom. The summed E-state index contributed by atoms with van der Waals surface area (Å²) < 4.78 is 8.45. The summed E-state index contributed by atoms with van der Waals surface area (Å²) in [6.45, 7) is 13.7. The minimum Gasteiger partial charge on any atom is -0.340 e. The van der Waals surface area contributed by atoms with Gasteiger partial charge in [-0.25, -0.2) is 0 Å². The molecule has 96 valence electrons. The van der Waals surface area contributed by atoms with Crippen molar-refractivity contribution in [1.29, 1.82) is 0 Å². The maximum absolute atomic E-state index is 6.02. The third-order valence-corrected chi connectivity index (χ3v) is 5.54. The van der Waals surface area contributed by atoms with Gasteiger partial charge in [-0.3, -0.25) is 4.67 Å². The summed E-state index contributed by atoms with van der Waals surface area (Å²) in [5.41, 5.74) is 2.69. The van der Waals surface area contributed by atoms with Crippen molar-refractivity contribution in [1.82, 2.24) is 4.67 Å². The molecule has 1 atom stereocenters. The monoisotopic (exact) mass is 253 g/mol. The Morgan fingerprint density at radius 1 is 1.06 bits per heavy atom. The van der Waals surface area contributed by atoms with Gasteiger partial charge in [0.2, 0.25) is 0 Å². The van der Waals surface area contributed by atoms with E-state index < -0.39 is 8.30 Å². The van der Waals surface area contributed by atoms with Gasteiger partial charge < -0.3 is 4.52 Å². The Morgan fingerprint density at radius 2 is 1.59 bits per heavy atom. The number of benzene rings is 1. The summed E-state index contributed by atoms with van der Waals surface area (Å²) in [7, 11) is -0.628. The average molecular weight is 253 g/mol. The minimum absolute atomic E-state index is 0.628. The molecule has 1 unspecified atom stereocenters. The van der Waals surface area contributed by atoms with Crippen LogP contribution in [0.15, 0.2) is 18.2 Å². The molecule has 0 radical (unpaired) electrons. The molecule has 17 heavy (non-hydrogen) atoms. The van der Waals surface area contributed by atoms with E-state index in [-0.39, 0.29) is 0 Å². The highest BCUT2D eigenvalue weighted by Gasteiger charge is 2.22. The molecular formula is C14H24NOP. The first kappa shape index (κ1) is 14.6. The van der Waals surface area contributed by atoms with E-state index in [1.165, 1.54) is 16.4 Å². The van der Waals surface area contributed by atoms with Crippen molar-refractivity contribution in [2.75, 3.05) is 19.7 Å². The first-order valence-electron chi connectivity index (χ1n) is 6.39. The highest BCUT2D eigenvalue weighted by molar-refractivity contribution is 7.58. The first-order chi connectivity index (χ1) is 8.15. The van der Waals surface area contributed by atoms with Gasteiger partial charge in [0.15, 0.2) is 0 Å². The maximum atomic E-state index is 6.02. The molecule has 0 bridgehead atoms. The van der Waals surface area contributed by atoms with E-state index in [0.29, 0.717) is 0 Å². The lowest BCUT2D eigenvalue weighted by Gasteiger charge is -2.30. The summed E-state index contributed by atoms with van der Waals surface area (Å²) in [6, 6.07) is 6.48. The Kier molecular flexibility index (Phi) is 6.11. The van der Waals surface area contributed by atoms with Crippen molar-refractivity contribution in [2.45, 2.75) is 34.6 Å². The van der Waals surface area contributed by atoms with Gasteiger partial charge in [-0.15, -0.1) is 0 Å². The molecule has 0 N–H and O–H groups in total. The Hall–Kier alpha value is -0.430. The number of rotatable bonds is 6. The lowest BCUT2D eigenvalue weighted by molar-refractivity contribution is 0.336. The van der Waals surface area contributed by atoms with Gasteiger partial charge in [0.25, 0.3) is 0 Å². The highest BCUT2D eigenvalue weighted by atomic mass is 31.2. The second-order valence-electron chi connectivity index (χ2n) is 4.07. The zero-order valence-corrected chi connectivity index (χ0v) is 12.6. The molecule has 3 heteroatoms. The lowest BCUT2D eigenvalue weighted by Crippen LogP contribution is -2.26. The van der Waals surface area contributed by atoms with Crippen molar-refractivity contribution in [3.63, 3.8) is 0 Å². The molecule has 2 nitrogen and oxygen atoms in total. The number of hydrogen-bond donors (Lipinski definition) is 0. The molecule has 1 aromatic rings. The summed E-state index contributed by atoms with van der Waals surface area (Å²) in [5, 5.41) is 1.40.